The number of hydrogen-bond acceptors (Lipinski definition) is 5. The molecule has 0 atom stereocenters. The Bertz CT molecular complexity index is 1390. The Morgan fingerprint density at radius 3 is 2.46 bits per heavy atom. The molecule has 0 bridgehead atoms. The molecule has 35 heavy (non-hydrogen) atoms. The lowest BCUT2D eigenvalue weighted by atomic mass is 10.0. The van der Waals surface area contributed by atoms with Crippen molar-refractivity contribution in [3.63, 3.8) is 0 Å². The van der Waals surface area contributed by atoms with E-state index in [2.05, 4.69) is 6.07 Å². The monoisotopic (exact) mass is 467 g/mol. The van der Waals surface area contributed by atoms with E-state index in [9.17, 15) is 4.79 Å². The van der Waals surface area contributed by atoms with Crippen LogP contribution in [-0.2, 0) is 17.6 Å². The number of methoxy groups -OCH3 is 1. The number of aryl methyl sites for hydroxylation is 1. The number of nitrogens with zero attached hydrogens (tertiary/aromatic N) is 3. The quantitative estimate of drug-likeness (QED) is 0.322. The minimum atomic E-state index is -0.655. The second-order valence-electron chi connectivity index (χ2n) is 9.35. The van der Waals surface area contributed by atoms with Crippen molar-refractivity contribution in [3.8, 4) is 23.1 Å². The molecular weight excluding hydrogens is 438 g/mol. The first-order valence-electron chi connectivity index (χ1n) is 11.6. The van der Waals surface area contributed by atoms with Gasteiger partial charge in [-0.15, -0.1) is 0 Å². The predicted octanol–water partition coefficient (Wildman–Crippen LogP) is 6.54. The van der Waals surface area contributed by atoms with E-state index in [4.69, 9.17) is 19.7 Å². The lowest BCUT2D eigenvalue weighted by Gasteiger charge is -2.21. The zero-order valence-corrected chi connectivity index (χ0v) is 20.5. The summed E-state index contributed by atoms with van der Waals surface area (Å²) in [5.74, 6) is 0.655. The van der Waals surface area contributed by atoms with Gasteiger partial charge in [0, 0.05) is 42.1 Å². The molecular formula is C29H29N3O3. The van der Waals surface area contributed by atoms with E-state index in [1.807, 2.05) is 87.5 Å². The van der Waals surface area contributed by atoms with Gasteiger partial charge in [0.25, 0.3) is 0 Å². The molecule has 4 rings (SSSR count). The van der Waals surface area contributed by atoms with Crippen molar-refractivity contribution in [1.29, 1.82) is 5.26 Å². The first kappa shape index (κ1) is 24.0. The van der Waals surface area contributed by atoms with Gasteiger partial charge >= 0.3 is 6.09 Å². The number of aromatic nitrogens is 2. The maximum atomic E-state index is 13.6. The highest BCUT2D eigenvalue weighted by Gasteiger charge is 2.27. The Labute approximate surface area is 205 Å². The summed E-state index contributed by atoms with van der Waals surface area (Å²) in [6, 6.07) is 23.7. The number of rotatable bonds is 6. The van der Waals surface area contributed by atoms with E-state index in [1.165, 1.54) is 0 Å². The van der Waals surface area contributed by atoms with Crippen molar-refractivity contribution in [3.05, 3.63) is 83.7 Å². The van der Waals surface area contributed by atoms with Gasteiger partial charge in [-0.05, 0) is 56.2 Å². The van der Waals surface area contributed by atoms with Crippen LogP contribution in [0.3, 0.4) is 0 Å². The highest BCUT2D eigenvalue weighted by molar-refractivity contribution is 6.00. The molecule has 2 heterocycles. The van der Waals surface area contributed by atoms with Crippen molar-refractivity contribution in [2.24, 2.45) is 0 Å². The smallest absolute Gasteiger partial charge is 0.419 e. The largest absolute Gasteiger partial charge is 0.497 e. The summed E-state index contributed by atoms with van der Waals surface area (Å²) in [7, 11) is 1.61. The van der Waals surface area contributed by atoms with Crippen molar-refractivity contribution in [2.75, 3.05) is 7.11 Å². The number of hydrogen-bond donors (Lipinski definition) is 0. The van der Waals surface area contributed by atoms with Gasteiger partial charge in [-0.1, -0.05) is 36.4 Å². The molecule has 6 heteroatoms. The highest BCUT2D eigenvalue weighted by Crippen LogP contribution is 2.37. The first-order chi connectivity index (χ1) is 16.8. The fraction of sp³-hybridized carbons (Fsp3) is 0.276. The summed E-state index contributed by atoms with van der Waals surface area (Å²) in [5.41, 5.74) is 4.46. The molecule has 0 aliphatic heterocycles. The zero-order valence-electron chi connectivity index (χ0n) is 20.5. The maximum Gasteiger partial charge on any atom is 0.419 e. The fourth-order valence-corrected chi connectivity index (χ4v) is 4.17. The van der Waals surface area contributed by atoms with Gasteiger partial charge in [-0.25, -0.2) is 9.36 Å². The zero-order chi connectivity index (χ0) is 25.0. The molecule has 0 N–H and O–H groups in total. The van der Waals surface area contributed by atoms with Gasteiger partial charge in [0.2, 0.25) is 0 Å². The summed E-state index contributed by atoms with van der Waals surface area (Å²) in [6.45, 7) is 5.57. The van der Waals surface area contributed by atoms with Crippen LogP contribution in [0.4, 0.5) is 4.79 Å². The molecule has 0 aliphatic carbocycles. The molecule has 0 unspecified atom stereocenters. The van der Waals surface area contributed by atoms with Crippen molar-refractivity contribution in [1.82, 2.24) is 9.55 Å². The molecule has 0 radical (unpaired) electrons. The standard InChI is InChI=1S/C29H29N3O3/c1-29(2,3)35-28(33)32-26-19-23(34-4)15-16-24(26)25(27(32)20-10-6-5-7-11-20)18-22-13-8-12-21(31-22)14-9-17-30/h5-8,10-13,15-16,19H,9,14,18H2,1-4H3. The van der Waals surface area contributed by atoms with Crippen LogP contribution in [0, 0.1) is 11.3 Å². The van der Waals surface area contributed by atoms with E-state index in [0.717, 1.165) is 33.6 Å². The minimum Gasteiger partial charge on any atom is -0.497 e. The van der Waals surface area contributed by atoms with Gasteiger partial charge in [0.05, 0.1) is 24.4 Å². The number of carbonyl (C=O) groups is 1. The number of nitriles is 1. The molecule has 4 aromatic rings. The number of benzene rings is 2. The molecule has 0 fully saturated rings. The number of carbonyl (C=O) groups excluding carboxylic acids is 1. The van der Waals surface area contributed by atoms with Crippen molar-refractivity contribution in [2.45, 2.75) is 45.6 Å². The van der Waals surface area contributed by atoms with Crippen LogP contribution < -0.4 is 4.74 Å². The number of fused-ring (bicyclic) bond motifs is 1. The van der Waals surface area contributed by atoms with Crippen molar-refractivity contribution < 1.29 is 14.3 Å². The number of ether oxygens (including phenoxy) is 2. The Hall–Kier alpha value is -4.11. The normalized spacial score (nSPS) is 11.3. The van der Waals surface area contributed by atoms with Crippen LogP contribution in [0.2, 0.25) is 0 Å². The molecule has 0 saturated carbocycles. The topological polar surface area (TPSA) is 77.1 Å². The maximum absolute atomic E-state index is 13.6. The van der Waals surface area contributed by atoms with Gasteiger partial charge in [-0.2, -0.15) is 5.26 Å². The van der Waals surface area contributed by atoms with Crippen LogP contribution in [-0.4, -0.2) is 28.4 Å². The van der Waals surface area contributed by atoms with E-state index in [-0.39, 0.29) is 0 Å². The second-order valence-corrected chi connectivity index (χ2v) is 9.35. The van der Waals surface area contributed by atoms with Crippen LogP contribution in [0.5, 0.6) is 5.75 Å². The average molecular weight is 468 g/mol. The molecule has 0 spiro atoms. The first-order valence-corrected chi connectivity index (χ1v) is 11.6. The Morgan fingerprint density at radius 2 is 1.77 bits per heavy atom. The molecule has 2 aromatic heterocycles. The average Bonchev–Trinajstić information content (AvgIpc) is 3.15. The van der Waals surface area contributed by atoms with Crippen LogP contribution >= 0.6 is 0 Å². The Kier molecular flexibility index (Phi) is 6.88. The summed E-state index contributed by atoms with van der Waals surface area (Å²) in [4.78, 5) is 18.4. The molecule has 2 aromatic carbocycles. The predicted molar refractivity (Wildman–Crippen MR) is 137 cm³/mol. The van der Waals surface area contributed by atoms with Crippen LogP contribution in [0.25, 0.3) is 22.2 Å². The lowest BCUT2D eigenvalue weighted by Crippen LogP contribution is -2.27. The van der Waals surface area contributed by atoms with E-state index in [1.54, 1.807) is 11.7 Å². The molecule has 0 saturated heterocycles. The summed E-state index contributed by atoms with van der Waals surface area (Å²) >= 11 is 0. The van der Waals surface area contributed by atoms with Crippen molar-refractivity contribution >= 4 is 17.0 Å². The third-order valence-electron chi connectivity index (χ3n) is 5.62. The van der Waals surface area contributed by atoms with Crippen LogP contribution in [0.1, 0.15) is 44.1 Å². The minimum absolute atomic E-state index is 0.420. The summed E-state index contributed by atoms with van der Waals surface area (Å²) < 4.78 is 13.0. The van der Waals surface area contributed by atoms with Gasteiger partial charge < -0.3 is 9.47 Å². The van der Waals surface area contributed by atoms with E-state index < -0.39 is 11.7 Å². The highest BCUT2D eigenvalue weighted by atomic mass is 16.6. The Morgan fingerprint density at radius 1 is 1.03 bits per heavy atom. The molecule has 0 aliphatic rings. The second kappa shape index (κ2) is 10.0. The third-order valence-corrected chi connectivity index (χ3v) is 5.62. The van der Waals surface area contributed by atoms with Gasteiger partial charge in [-0.3, -0.25) is 4.98 Å². The van der Waals surface area contributed by atoms with Gasteiger partial charge in [0.1, 0.15) is 11.4 Å². The summed E-state index contributed by atoms with van der Waals surface area (Å²) in [6.07, 6.45) is 1.09. The SMILES string of the molecule is COc1ccc2c(Cc3cccc(CCC#N)n3)c(-c3ccccc3)n(C(=O)OC(C)(C)C)c2c1. The van der Waals surface area contributed by atoms with Crippen LogP contribution in [0.15, 0.2) is 66.7 Å². The number of pyridine rings is 1. The molecule has 178 valence electrons. The lowest BCUT2D eigenvalue weighted by molar-refractivity contribution is 0.0547. The fourth-order valence-electron chi connectivity index (χ4n) is 4.17. The molecule has 0 amide bonds. The van der Waals surface area contributed by atoms with Gasteiger partial charge in [0.15, 0.2) is 0 Å². The van der Waals surface area contributed by atoms with E-state index in [0.29, 0.717) is 30.5 Å². The Balaban J connectivity index is 1.96. The summed E-state index contributed by atoms with van der Waals surface area (Å²) in [5, 5.41) is 9.89. The van der Waals surface area contributed by atoms with E-state index >= 15 is 0 Å². The third kappa shape index (κ3) is 5.36. The molecule has 6 nitrogen and oxygen atoms in total.